The summed E-state index contributed by atoms with van der Waals surface area (Å²) >= 11 is 1.23. The fourth-order valence-electron chi connectivity index (χ4n) is 1.52. The van der Waals surface area contributed by atoms with E-state index in [4.69, 9.17) is 4.42 Å². The zero-order valence-corrected chi connectivity index (χ0v) is 11.5. The van der Waals surface area contributed by atoms with Crippen LogP contribution in [0, 0.1) is 5.92 Å². The second-order valence-electron chi connectivity index (χ2n) is 4.14. The lowest BCUT2D eigenvalue weighted by molar-refractivity contribution is -0.122. The third-order valence-corrected chi connectivity index (χ3v) is 3.65. The van der Waals surface area contributed by atoms with E-state index in [-0.39, 0.29) is 5.91 Å². The normalized spacial score (nSPS) is 14.1. The number of furan rings is 1. The Morgan fingerprint density at radius 2 is 2.37 bits per heavy atom. The molecule has 1 amide bonds. The molecule has 0 fully saturated rings. The number of hydrogen-bond acceptors (Lipinski definition) is 6. The number of amides is 1. The molecule has 2 N–H and O–H groups in total. The molecule has 7 heteroatoms. The molecule has 2 aromatic heterocycles. The van der Waals surface area contributed by atoms with E-state index in [1.165, 1.54) is 11.3 Å². The fourth-order valence-corrected chi connectivity index (χ4v) is 2.24. The molecule has 2 aromatic rings. The van der Waals surface area contributed by atoms with Crippen LogP contribution in [0.4, 0.5) is 5.13 Å². The van der Waals surface area contributed by atoms with Crippen LogP contribution < -0.4 is 5.32 Å². The van der Waals surface area contributed by atoms with Gasteiger partial charge < -0.3 is 14.8 Å². The smallest absolute Gasteiger partial charge is 0.231 e. The van der Waals surface area contributed by atoms with Crippen LogP contribution in [0.15, 0.2) is 22.8 Å². The molecule has 2 rings (SSSR count). The minimum absolute atomic E-state index is 0.267. The Balaban J connectivity index is 2.02. The molecule has 0 aromatic carbocycles. The fraction of sp³-hybridized carbons (Fsp3) is 0.417. The quantitative estimate of drug-likeness (QED) is 0.876. The SMILES string of the molecule is CCC(O)C(C)C(=O)Nc1nnc(-c2ccco2)s1. The van der Waals surface area contributed by atoms with Crippen molar-refractivity contribution in [1.29, 1.82) is 0 Å². The summed E-state index contributed by atoms with van der Waals surface area (Å²) in [5, 5.41) is 21.1. The number of hydrogen-bond donors (Lipinski definition) is 2. The lowest BCUT2D eigenvalue weighted by Crippen LogP contribution is -2.30. The van der Waals surface area contributed by atoms with Gasteiger partial charge in [0.2, 0.25) is 11.0 Å². The minimum atomic E-state index is -0.655. The molecule has 2 unspecified atom stereocenters. The van der Waals surface area contributed by atoms with Crippen LogP contribution in [0.2, 0.25) is 0 Å². The maximum absolute atomic E-state index is 11.9. The summed E-state index contributed by atoms with van der Waals surface area (Å²) in [5.74, 6) is -0.142. The Hall–Kier alpha value is -1.73. The first-order valence-electron chi connectivity index (χ1n) is 5.98. The average molecular weight is 281 g/mol. The van der Waals surface area contributed by atoms with E-state index in [0.717, 1.165) is 0 Å². The minimum Gasteiger partial charge on any atom is -0.462 e. The first-order valence-corrected chi connectivity index (χ1v) is 6.79. The molecule has 6 nitrogen and oxygen atoms in total. The molecular formula is C12H15N3O3S. The van der Waals surface area contributed by atoms with E-state index in [9.17, 15) is 9.90 Å². The topological polar surface area (TPSA) is 88.2 Å². The number of nitrogens with zero attached hydrogens (tertiary/aromatic N) is 2. The van der Waals surface area contributed by atoms with E-state index < -0.39 is 12.0 Å². The van der Waals surface area contributed by atoms with Gasteiger partial charge in [0.05, 0.1) is 18.3 Å². The van der Waals surface area contributed by atoms with Gasteiger partial charge in [0.25, 0.3) is 0 Å². The number of carbonyl (C=O) groups excluding carboxylic acids is 1. The average Bonchev–Trinajstić information content (AvgIpc) is 3.06. The first-order chi connectivity index (χ1) is 9.11. The molecule has 2 heterocycles. The van der Waals surface area contributed by atoms with Crippen molar-refractivity contribution in [1.82, 2.24) is 10.2 Å². The van der Waals surface area contributed by atoms with Crippen molar-refractivity contribution in [3.63, 3.8) is 0 Å². The zero-order chi connectivity index (χ0) is 13.8. The zero-order valence-electron chi connectivity index (χ0n) is 10.7. The van der Waals surface area contributed by atoms with Gasteiger partial charge >= 0.3 is 0 Å². The maximum atomic E-state index is 11.9. The van der Waals surface area contributed by atoms with Crippen molar-refractivity contribution in [2.24, 2.45) is 5.92 Å². The Kier molecular flexibility index (Phi) is 4.28. The number of nitrogens with one attached hydrogen (secondary N) is 1. The van der Waals surface area contributed by atoms with Crippen LogP contribution in [0.25, 0.3) is 10.8 Å². The molecule has 0 saturated carbocycles. The molecule has 0 bridgehead atoms. The van der Waals surface area contributed by atoms with Gasteiger partial charge in [-0.3, -0.25) is 4.79 Å². The van der Waals surface area contributed by atoms with Crippen LogP contribution in [0.3, 0.4) is 0 Å². The number of anilines is 1. The van der Waals surface area contributed by atoms with Gasteiger partial charge in [-0.25, -0.2) is 0 Å². The van der Waals surface area contributed by atoms with E-state index in [1.807, 2.05) is 6.92 Å². The van der Waals surface area contributed by atoms with E-state index in [0.29, 0.717) is 22.3 Å². The monoisotopic (exact) mass is 281 g/mol. The Morgan fingerprint density at radius 3 is 3.00 bits per heavy atom. The van der Waals surface area contributed by atoms with Crippen molar-refractivity contribution in [3.8, 4) is 10.8 Å². The Morgan fingerprint density at radius 1 is 1.58 bits per heavy atom. The molecule has 0 spiro atoms. The Bertz CT molecular complexity index is 538. The van der Waals surface area contributed by atoms with Gasteiger partial charge in [-0.1, -0.05) is 25.2 Å². The van der Waals surface area contributed by atoms with E-state index in [2.05, 4.69) is 15.5 Å². The van der Waals surface area contributed by atoms with Crippen LogP contribution in [-0.2, 0) is 4.79 Å². The van der Waals surface area contributed by atoms with E-state index in [1.54, 1.807) is 25.3 Å². The van der Waals surface area contributed by atoms with Gasteiger partial charge in [0, 0.05) is 0 Å². The van der Waals surface area contributed by atoms with Crippen LogP contribution in [0.1, 0.15) is 20.3 Å². The second kappa shape index (κ2) is 5.94. The first kappa shape index (κ1) is 13.7. The summed E-state index contributed by atoms with van der Waals surface area (Å²) in [4.78, 5) is 11.9. The Labute approximate surface area is 114 Å². The predicted molar refractivity (Wildman–Crippen MR) is 71.7 cm³/mol. The lowest BCUT2D eigenvalue weighted by atomic mass is 10.0. The second-order valence-corrected chi connectivity index (χ2v) is 5.12. The molecule has 0 aliphatic rings. The van der Waals surface area contributed by atoms with Gasteiger partial charge in [-0.15, -0.1) is 10.2 Å². The summed E-state index contributed by atoms with van der Waals surface area (Å²) < 4.78 is 5.20. The van der Waals surface area contributed by atoms with Crippen LogP contribution in [0.5, 0.6) is 0 Å². The highest BCUT2D eigenvalue weighted by atomic mass is 32.1. The van der Waals surface area contributed by atoms with Crippen molar-refractivity contribution in [2.75, 3.05) is 5.32 Å². The summed E-state index contributed by atoms with van der Waals surface area (Å²) in [6, 6.07) is 3.53. The highest BCUT2D eigenvalue weighted by molar-refractivity contribution is 7.18. The molecule has 102 valence electrons. The molecule has 2 atom stereocenters. The third kappa shape index (κ3) is 3.18. The lowest BCUT2D eigenvalue weighted by Gasteiger charge is -2.15. The summed E-state index contributed by atoms with van der Waals surface area (Å²) in [6.07, 6.45) is 1.43. The van der Waals surface area contributed by atoms with Gasteiger partial charge in [0.15, 0.2) is 10.8 Å². The van der Waals surface area contributed by atoms with Gasteiger partial charge in [-0.05, 0) is 18.6 Å². The summed E-state index contributed by atoms with van der Waals surface area (Å²) in [5.41, 5.74) is 0. The van der Waals surface area contributed by atoms with E-state index >= 15 is 0 Å². The summed E-state index contributed by atoms with van der Waals surface area (Å²) in [6.45, 7) is 3.51. The number of aromatic nitrogens is 2. The number of rotatable bonds is 5. The van der Waals surface area contributed by atoms with Crippen molar-refractivity contribution < 1.29 is 14.3 Å². The molecule has 0 saturated heterocycles. The standard InChI is InChI=1S/C12H15N3O3S/c1-3-8(16)7(2)10(17)13-12-15-14-11(19-12)9-5-4-6-18-9/h4-8,16H,3H2,1-2H3,(H,13,15,17). The molecule has 19 heavy (non-hydrogen) atoms. The van der Waals surface area contributed by atoms with Crippen molar-refractivity contribution in [2.45, 2.75) is 26.4 Å². The maximum Gasteiger partial charge on any atom is 0.231 e. The molecular weight excluding hydrogens is 266 g/mol. The third-order valence-electron chi connectivity index (χ3n) is 2.80. The van der Waals surface area contributed by atoms with Crippen molar-refractivity contribution in [3.05, 3.63) is 18.4 Å². The summed E-state index contributed by atoms with van der Waals surface area (Å²) in [7, 11) is 0. The highest BCUT2D eigenvalue weighted by Gasteiger charge is 2.21. The number of aliphatic hydroxyl groups is 1. The molecule has 0 radical (unpaired) electrons. The van der Waals surface area contributed by atoms with Crippen LogP contribution in [-0.4, -0.2) is 27.3 Å². The molecule has 0 aliphatic carbocycles. The largest absolute Gasteiger partial charge is 0.462 e. The highest BCUT2D eigenvalue weighted by Crippen LogP contribution is 2.26. The van der Waals surface area contributed by atoms with Gasteiger partial charge in [-0.2, -0.15) is 0 Å². The van der Waals surface area contributed by atoms with Crippen LogP contribution >= 0.6 is 11.3 Å². The number of carbonyl (C=O) groups is 1. The van der Waals surface area contributed by atoms with Crippen molar-refractivity contribution >= 4 is 22.4 Å². The predicted octanol–water partition coefficient (Wildman–Crippen LogP) is 2.14. The number of aliphatic hydroxyl groups excluding tert-OH is 1. The van der Waals surface area contributed by atoms with Gasteiger partial charge in [0.1, 0.15) is 0 Å². The molecule has 0 aliphatic heterocycles.